The number of benzene rings is 1. The normalized spacial score (nSPS) is 13.9. The molecule has 0 saturated carbocycles. The van der Waals surface area contributed by atoms with E-state index in [1.165, 1.54) is 19.2 Å². The summed E-state index contributed by atoms with van der Waals surface area (Å²) in [5.41, 5.74) is 8.95. The van der Waals surface area contributed by atoms with Gasteiger partial charge in [0.25, 0.3) is 0 Å². The second kappa shape index (κ2) is 9.97. The minimum absolute atomic E-state index is 0.00974. The number of nitrogens with two attached hydrogens (primary N) is 1. The summed E-state index contributed by atoms with van der Waals surface area (Å²) < 4.78 is 31.1. The standard InChI is InChI=1S/C25H25ClFN5O3/c1-33-20-3-2-19(27)22(26)16(20)5-11-34-24-23-17(13-31-25(24)28)18(14-35-23)15-4-6-30-21(12-15)32-9-7-29-8-10-32/h2-4,6,12-14,29H,5,7-11H2,1H3,(H2,28,31). The fraction of sp³-hybridized carbons (Fsp3) is 0.280. The van der Waals surface area contributed by atoms with Gasteiger partial charge in [0.15, 0.2) is 11.4 Å². The van der Waals surface area contributed by atoms with Crippen molar-refractivity contribution in [2.75, 3.05) is 50.5 Å². The maximum atomic E-state index is 13.9. The molecule has 0 atom stereocenters. The first-order valence-corrected chi connectivity index (χ1v) is 11.7. The molecular formula is C25H25ClFN5O3. The molecule has 35 heavy (non-hydrogen) atoms. The van der Waals surface area contributed by atoms with E-state index < -0.39 is 5.82 Å². The Morgan fingerprint density at radius 2 is 2.06 bits per heavy atom. The number of anilines is 2. The Morgan fingerprint density at radius 1 is 1.23 bits per heavy atom. The van der Waals surface area contributed by atoms with E-state index in [1.54, 1.807) is 18.7 Å². The van der Waals surface area contributed by atoms with Gasteiger partial charge in [-0.1, -0.05) is 11.6 Å². The number of hydrogen-bond acceptors (Lipinski definition) is 8. The fourth-order valence-corrected chi connectivity index (χ4v) is 4.50. The molecule has 0 spiro atoms. The maximum absolute atomic E-state index is 13.9. The lowest BCUT2D eigenvalue weighted by Crippen LogP contribution is -2.43. The van der Waals surface area contributed by atoms with Crippen molar-refractivity contribution in [3.63, 3.8) is 0 Å². The van der Waals surface area contributed by atoms with Crippen LogP contribution in [-0.4, -0.2) is 49.9 Å². The highest BCUT2D eigenvalue weighted by molar-refractivity contribution is 6.31. The van der Waals surface area contributed by atoms with Crippen LogP contribution in [0.25, 0.3) is 22.1 Å². The van der Waals surface area contributed by atoms with E-state index >= 15 is 0 Å². The Balaban J connectivity index is 1.41. The zero-order valence-corrected chi connectivity index (χ0v) is 19.9. The number of ether oxygens (including phenoxy) is 2. The van der Waals surface area contributed by atoms with Crippen LogP contribution in [0.15, 0.2) is 47.3 Å². The number of methoxy groups -OCH3 is 1. The van der Waals surface area contributed by atoms with E-state index in [0.29, 0.717) is 29.1 Å². The molecule has 8 nitrogen and oxygen atoms in total. The quantitative estimate of drug-likeness (QED) is 0.390. The van der Waals surface area contributed by atoms with E-state index in [2.05, 4.69) is 20.2 Å². The second-order valence-electron chi connectivity index (χ2n) is 8.15. The summed E-state index contributed by atoms with van der Waals surface area (Å²) in [7, 11) is 1.51. The van der Waals surface area contributed by atoms with Crippen LogP contribution < -0.4 is 25.4 Å². The number of rotatable bonds is 7. The zero-order chi connectivity index (χ0) is 24.4. The van der Waals surface area contributed by atoms with Gasteiger partial charge < -0.3 is 29.8 Å². The van der Waals surface area contributed by atoms with Crippen molar-refractivity contribution in [1.82, 2.24) is 15.3 Å². The molecule has 1 aliphatic heterocycles. The SMILES string of the molecule is COc1ccc(F)c(Cl)c1CCOc1c(N)ncc2c(-c3ccnc(N4CCNCC4)c3)coc12. The summed E-state index contributed by atoms with van der Waals surface area (Å²) in [6.07, 6.45) is 5.45. The van der Waals surface area contributed by atoms with Crippen molar-refractivity contribution in [1.29, 1.82) is 0 Å². The number of halogens is 2. The topological polar surface area (TPSA) is 98.7 Å². The monoisotopic (exact) mass is 497 g/mol. The van der Waals surface area contributed by atoms with Crippen molar-refractivity contribution in [3.05, 3.63) is 59.3 Å². The summed E-state index contributed by atoms with van der Waals surface area (Å²) in [6.45, 7) is 3.83. The van der Waals surface area contributed by atoms with Crippen LogP contribution in [0.3, 0.4) is 0 Å². The second-order valence-corrected chi connectivity index (χ2v) is 8.52. The molecule has 1 aliphatic rings. The number of nitrogens with one attached hydrogen (secondary N) is 1. The molecule has 0 unspecified atom stereocenters. The van der Waals surface area contributed by atoms with E-state index in [1.807, 2.05) is 12.1 Å². The first kappa shape index (κ1) is 23.2. The van der Waals surface area contributed by atoms with Crippen LogP contribution in [0.5, 0.6) is 11.5 Å². The van der Waals surface area contributed by atoms with Crippen LogP contribution in [0.2, 0.25) is 5.02 Å². The predicted molar refractivity (Wildman–Crippen MR) is 134 cm³/mol. The van der Waals surface area contributed by atoms with Crippen molar-refractivity contribution in [3.8, 4) is 22.6 Å². The van der Waals surface area contributed by atoms with Crippen LogP contribution >= 0.6 is 11.6 Å². The van der Waals surface area contributed by atoms with Gasteiger partial charge >= 0.3 is 0 Å². The van der Waals surface area contributed by atoms with Gasteiger partial charge in [-0.2, -0.15) is 0 Å². The van der Waals surface area contributed by atoms with Crippen molar-refractivity contribution in [2.45, 2.75) is 6.42 Å². The highest BCUT2D eigenvalue weighted by Gasteiger charge is 2.19. The van der Waals surface area contributed by atoms with Gasteiger partial charge in [0.1, 0.15) is 17.4 Å². The van der Waals surface area contributed by atoms with Crippen LogP contribution in [0.1, 0.15) is 5.56 Å². The number of piperazine rings is 1. The lowest BCUT2D eigenvalue weighted by molar-refractivity contribution is 0.317. The Morgan fingerprint density at radius 3 is 2.86 bits per heavy atom. The Labute approximate surface area is 206 Å². The first-order valence-electron chi connectivity index (χ1n) is 11.3. The molecule has 1 fully saturated rings. The minimum Gasteiger partial charge on any atom is -0.496 e. The van der Waals surface area contributed by atoms with E-state index in [-0.39, 0.29) is 17.4 Å². The molecule has 3 N–H and O–H groups in total. The third kappa shape index (κ3) is 4.56. The number of fused-ring (bicyclic) bond motifs is 1. The summed E-state index contributed by atoms with van der Waals surface area (Å²) in [5, 5.41) is 4.13. The molecule has 10 heteroatoms. The average molecular weight is 498 g/mol. The molecule has 3 aromatic heterocycles. The Kier molecular flexibility index (Phi) is 6.61. The molecule has 182 valence electrons. The summed E-state index contributed by atoms with van der Waals surface area (Å²) in [4.78, 5) is 11.1. The van der Waals surface area contributed by atoms with Crippen LogP contribution in [-0.2, 0) is 6.42 Å². The third-order valence-electron chi connectivity index (χ3n) is 6.07. The largest absolute Gasteiger partial charge is 0.496 e. The molecule has 0 amide bonds. The van der Waals surface area contributed by atoms with E-state index in [0.717, 1.165) is 48.5 Å². The Hall–Kier alpha value is -3.56. The van der Waals surface area contributed by atoms with E-state index in [9.17, 15) is 4.39 Å². The van der Waals surface area contributed by atoms with Crippen molar-refractivity contribution >= 4 is 34.2 Å². The summed E-state index contributed by atoms with van der Waals surface area (Å²) in [5.74, 6) is 1.42. The molecule has 4 heterocycles. The molecule has 5 rings (SSSR count). The number of pyridine rings is 2. The third-order valence-corrected chi connectivity index (χ3v) is 6.48. The number of hydrogen-bond donors (Lipinski definition) is 2. The van der Waals surface area contributed by atoms with Gasteiger partial charge in [-0.05, 0) is 29.8 Å². The predicted octanol–water partition coefficient (Wildman–Crippen LogP) is 4.30. The van der Waals surface area contributed by atoms with Gasteiger partial charge in [-0.25, -0.2) is 14.4 Å². The zero-order valence-electron chi connectivity index (χ0n) is 19.2. The maximum Gasteiger partial charge on any atom is 0.205 e. The molecule has 0 radical (unpaired) electrons. The van der Waals surface area contributed by atoms with Crippen LogP contribution in [0, 0.1) is 5.82 Å². The minimum atomic E-state index is -0.515. The number of nitrogen functional groups attached to an aromatic ring is 1. The molecule has 4 aromatic rings. The molecule has 1 saturated heterocycles. The number of furan rings is 1. The summed E-state index contributed by atoms with van der Waals surface area (Å²) in [6, 6.07) is 6.79. The van der Waals surface area contributed by atoms with Gasteiger partial charge in [-0.3, -0.25) is 0 Å². The highest BCUT2D eigenvalue weighted by atomic mass is 35.5. The van der Waals surface area contributed by atoms with Gasteiger partial charge in [0.05, 0.1) is 30.4 Å². The van der Waals surface area contributed by atoms with Gasteiger partial charge in [-0.15, -0.1) is 0 Å². The van der Waals surface area contributed by atoms with Gasteiger partial charge in [0.2, 0.25) is 5.75 Å². The number of nitrogens with zero attached hydrogens (tertiary/aromatic N) is 3. The van der Waals surface area contributed by atoms with Crippen molar-refractivity contribution < 1.29 is 18.3 Å². The average Bonchev–Trinajstić information content (AvgIpc) is 3.33. The molecule has 1 aromatic carbocycles. The fourth-order valence-electron chi connectivity index (χ4n) is 4.25. The number of aromatic nitrogens is 2. The highest BCUT2D eigenvalue weighted by Crippen LogP contribution is 2.38. The van der Waals surface area contributed by atoms with E-state index in [4.69, 9.17) is 31.2 Å². The van der Waals surface area contributed by atoms with Crippen molar-refractivity contribution in [2.24, 2.45) is 0 Å². The summed E-state index contributed by atoms with van der Waals surface area (Å²) >= 11 is 6.15. The molecule has 0 bridgehead atoms. The lowest BCUT2D eigenvalue weighted by Gasteiger charge is -2.28. The lowest BCUT2D eigenvalue weighted by atomic mass is 10.1. The van der Waals surface area contributed by atoms with Gasteiger partial charge in [0, 0.05) is 56.1 Å². The first-order chi connectivity index (χ1) is 17.1. The smallest absolute Gasteiger partial charge is 0.205 e. The van der Waals surface area contributed by atoms with Crippen LogP contribution in [0.4, 0.5) is 16.0 Å². The Bertz CT molecular complexity index is 1360. The molecule has 0 aliphatic carbocycles. The molecular weight excluding hydrogens is 473 g/mol.